The number of carbonyl (C=O) groups excluding carboxylic acids is 1. The predicted octanol–water partition coefficient (Wildman–Crippen LogP) is 1.80. The Morgan fingerprint density at radius 2 is 2.00 bits per heavy atom. The molecule has 0 aromatic carbocycles. The lowest BCUT2D eigenvalue weighted by molar-refractivity contribution is 0.0574. The second kappa shape index (κ2) is 5.90. The smallest absolute Gasteiger partial charge is 0.357 e. The van der Waals surface area contributed by atoms with E-state index in [1.54, 1.807) is 23.2 Å². The van der Waals surface area contributed by atoms with Gasteiger partial charge < -0.3 is 19.0 Å². The Labute approximate surface area is 142 Å². The minimum absolute atomic E-state index is 0.0807. The minimum atomic E-state index is -1.13. The van der Waals surface area contributed by atoms with Gasteiger partial charge in [0.2, 0.25) is 5.89 Å². The Morgan fingerprint density at radius 3 is 2.68 bits per heavy atom. The Bertz CT molecular complexity index is 926. The molecule has 0 radical (unpaired) electrons. The molecule has 0 aliphatic carbocycles. The molecule has 3 aromatic heterocycles. The second-order valence-electron chi connectivity index (χ2n) is 5.78. The van der Waals surface area contributed by atoms with E-state index in [1.165, 1.54) is 0 Å². The third-order valence-corrected chi connectivity index (χ3v) is 4.12. The van der Waals surface area contributed by atoms with Crippen molar-refractivity contribution in [2.75, 3.05) is 13.1 Å². The van der Waals surface area contributed by atoms with Crippen molar-refractivity contribution in [3.8, 4) is 5.82 Å². The molecular formula is C17H14N4O4. The summed E-state index contributed by atoms with van der Waals surface area (Å²) in [7, 11) is 0. The van der Waals surface area contributed by atoms with Gasteiger partial charge in [-0.2, -0.15) is 0 Å². The first-order chi connectivity index (χ1) is 12.1. The van der Waals surface area contributed by atoms with Crippen LogP contribution >= 0.6 is 0 Å². The van der Waals surface area contributed by atoms with Gasteiger partial charge in [0.15, 0.2) is 5.69 Å². The van der Waals surface area contributed by atoms with Gasteiger partial charge in [0, 0.05) is 37.2 Å². The SMILES string of the molecule is O=C(O)c1coc(C2CN(C(=O)c3ccnc(-n4cccc4)c3)C2)n1. The summed E-state index contributed by atoms with van der Waals surface area (Å²) in [6.07, 6.45) is 6.44. The van der Waals surface area contributed by atoms with Gasteiger partial charge in [-0.15, -0.1) is 0 Å². The lowest BCUT2D eigenvalue weighted by Gasteiger charge is -2.37. The van der Waals surface area contributed by atoms with E-state index >= 15 is 0 Å². The van der Waals surface area contributed by atoms with Crippen molar-refractivity contribution in [2.24, 2.45) is 0 Å². The highest BCUT2D eigenvalue weighted by Crippen LogP contribution is 2.28. The van der Waals surface area contributed by atoms with Crippen LogP contribution in [-0.2, 0) is 0 Å². The van der Waals surface area contributed by atoms with Gasteiger partial charge in [-0.05, 0) is 24.3 Å². The van der Waals surface area contributed by atoms with Crippen molar-refractivity contribution in [3.05, 3.63) is 66.3 Å². The summed E-state index contributed by atoms with van der Waals surface area (Å²) in [5, 5.41) is 8.87. The number of pyridine rings is 1. The van der Waals surface area contributed by atoms with E-state index in [1.807, 2.05) is 29.1 Å². The van der Waals surface area contributed by atoms with E-state index in [4.69, 9.17) is 9.52 Å². The summed E-state index contributed by atoms with van der Waals surface area (Å²) < 4.78 is 7.02. The second-order valence-corrected chi connectivity index (χ2v) is 5.78. The van der Waals surface area contributed by atoms with E-state index in [0.717, 1.165) is 6.26 Å². The number of amides is 1. The molecule has 4 heterocycles. The fourth-order valence-electron chi connectivity index (χ4n) is 2.74. The number of hydrogen-bond donors (Lipinski definition) is 1. The first-order valence-electron chi connectivity index (χ1n) is 7.69. The molecule has 0 saturated carbocycles. The van der Waals surface area contributed by atoms with Crippen molar-refractivity contribution in [2.45, 2.75) is 5.92 Å². The number of carbonyl (C=O) groups is 2. The molecule has 0 unspecified atom stereocenters. The van der Waals surface area contributed by atoms with Crippen LogP contribution in [0.15, 0.2) is 53.5 Å². The topological polar surface area (TPSA) is 101 Å². The van der Waals surface area contributed by atoms with Crippen LogP contribution in [-0.4, -0.2) is 49.5 Å². The molecule has 25 heavy (non-hydrogen) atoms. The van der Waals surface area contributed by atoms with E-state index < -0.39 is 5.97 Å². The van der Waals surface area contributed by atoms with Crippen molar-refractivity contribution in [3.63, 3.8) is 0 Å². The molecule has 1 fully saturated rings. The van der Waals surface area contributed by atoms with Crippen molar-refractivity contribution in [1.82, 2.24) is 19.4 Å². The zero-order valence-corrected chi connectivity index (χ0v) is 13.1. The maximum atomic E-state index is 12.6. The molecule has 0 bridgehead atoms. The van der Waals surface area contributed by atoms with Crippen molar-refractivity contribution >= 4 is 11.9 Å². The van der Waals surface area contributed by atoms with E-state index in [9.17, 15) is 9.59 Å². The van der Waals surface area contributed by atoms with Gasteiger partial charge in [-0.1, -0.05) is 0 Å². The Morgan fingerprint density at radius 1 is 1.24 bits per heavy atom. The number of likely N-dealkylation sites (tertiary alicyclic amines) is 1. The predicted molar refractivity (Wildman–Crippen MR) is 85.7 cm³/mol. The highest BCUT2D eigenvalue weighted by molar-refractivity contribution is 5.95. The lowest BCUT2D eigenvalue weighted by Crippen LogP contribution is -2.48. The Kier molecular flexibility index (Phi) is 3.57. The fourth-order valence-corrected chi connectivity index (χ4v) is 2.74. The standard InChI is InChI=1S/C17H14N4O4/c22-16(11-3-4-18-14(7-11)20-5-1-2-6-20)21-8-12(9-21)15-19-13(10-25-15)17(23)24/h1-7,10,12H,8-9H2,(H,23,24). The molecule has 126 valence electrons. The van der Waals surface area contributed by atoms with Crippen molar-refractivity contribution in [1.29, 1.82) is 0 Å². The molecule has 3 aromatic rings. The fraction of sp³-hybridized carbons (Fsp3) is 0.176. The molecular weight excluding hydrogens is 324 g/mol. The van der Waals surface area contributed by atoms with Crippen LogP contribution in [0, 0.1) is 0 Å². The number of rotatable bonds is 4. The summed E-state index contributed by atoms with van der Waals surface area (Å²) in [5.74, 6) is -0.285. The van der Waals surface area contributed by atoms with Crippen LogP contribution in [0.1, 0.15) is 32.7 Å². The molecule has 8 nitrogen and oxygen atoms in total. The van der Waals surface area contributed by atoms with Crippen molar-refractivity contribution < 1.29 is 19.1 Å². The van der Waals surface area contributed by atoms with Crippen LogP contribution < -0.4 is 0 Å². The van der Waals surface area contributed by atoms with Crippen LogP contribution in [0.5, 0.6) is 0 Å². The molecule has 0 atom stereocenters. The number of aromatic nitrogens is 3. The van der Waals surface area contributed by atoms with E-state index in [-0.39, 0.29) is 17.5 Å². The molecule has 1 amide bonds. The number of oxazole rings is 1. The zero-order valence-electron chi connectivity index (χ0n) is 13.1. The molecule has 1 saturated heterocycles. The third-order valence-electron chi connectivity index (χ3n) is 4.12. The summed E-state index contributed by atoms with van der Waals surface area (Å²) in [6.45, 7) is 0.888. The summed E-state index contributed by atoms with van der Waals surface area (Å²) in [6, 6.07) is 7.19. The summed E-state index contributed by atoms with van der Waals surface area (Å²) in [5.41, 5.74) is 0.432. The number of carboxylic acids is 1. The van der Waals surface area contributed by atoms with Crippen LogP contribution in [0.2, 0.25) is 0 Å². The van der Waals surface area contributed by atoms with Crippen LogP contribution in [0.4, 0.5) is 0 Å². The van der Waals surface area contributed by atoms with E-state index in [2.05, 4.69) is 9.97 Å². The Balaban J connectivity index is 1.45. The Hall–Kier alpha value is -3.42. The number of carboxylic acid groups (broad SMARTS) is 1. The van der Waals surface area contributed by atoms with Gasteiger partial charge in [-0.3, -0.25) is 4.79 Å². The number of aromatic carboxylic acids is 1. The molecule has 0 spiro atoms. The highest BCUT2D eigenvalue weighted by Gasteiger charge is 2.35. The number of nitrogens with zero attached hydrogens (tertiary/aromatic N) is 4. The average Bonchev–Trinajstić information content (AvgIpc) is 3.25. The maximum absolute atomic E-state index is 12.6. The minimum Gasteiger partial charge on any atom is -0.476 e. The zero-order chi connectivity index (χ0) is 17.4. The monoisotopic (exact) mass is 338 g/mol. The molecule has 1 aliphatic heterocycles. The average molecular weight is 338 g/mol. The molecule has 4 rings (SSSR count). The maximum Gasteiger partial charge on any atom is 0.357 e. The molecule has 1 aliphatic rings. The number of hydrogen-bond acceptors (Lipinski definition) is 5. The van der Waals surface area contributed by atoms with Gasteiger partial charge >= 0.3 is 5.97 Å². The van der Waals surface area contributed by atoms with Gasteiger partial charge in [0.25, 0.3) is 5.91 Å². The van der Waals surface area contributed by atoms with Crippen LogP contribution in [0.25, 0.3) is 5.82 Å². The highest BCUT2D eigenvalue weighted by atomic mass is 16.4. The van der Waals surface area contributed by atoms with Gasteiger partial charge in [-0.25, -0.2) is 14.8 Å². The lowest BCUT2D eigenvalue weighted by atomic mass is 9.99. The first-order valence-corrected chi connectivity index (χ1v) is 7.69. The normalized spacial score (nSPS) is 14.3. The van der Waals surface area contributed by atoms with E-state index in [0.29, 0.717) is 30.4 Å². The molecule has 1 N–H and O–H groups in total. The van der Waals surface area contributed by atoms with Crippen LogP contribution in [0.3, 0.4) is 0 Å². The summed E-state index contributed by atoms with van der Waals surface area (Å²) >= 11 is 0. The first kappa shape index (κ1) is 15.1. The van der Waals surface area contributed by atoms with Gasteiger partial charge in [0.1, 0.15) is 12.1 Å². The van der Waals surface area contributed by atoms with Gasteiger partial charge in [0.05, 0.1) is 5.92 Å². The molecule has 8 heteroatoms. The quantitative estimate of drug-likeness (QED) is 0.778. The largest absolute Gasteiger partial charge is 0.476 e. The third kappa shape index (κ3) is 2.78. The summed E-state index contributed by atoms with van der Waals surface area (Å²) in [4.78, 5) is 33.3.